The van der Waals surface area contributed by atoms with Crippen molar-refractivity contribution in [2.75, 3.05) is 0 Å². The molecule has 1 aliphatic rings. The highest BCUT2D eigenvalue weighted by Gasteiger charge is 2.33. The average molecular weight is 214 g/mol. The Morgan fingerprint density at radius 1 is 1.20 bits per heavy atom. The van der Waals surface area contributed by atoms with E-state index in [1.165, 1.54) is 13.0 Å². The maximum Gasteiger partial charge on any atom is 0.416 e. The summed E-state index contributed by atoms with van der Waals surface area (Å²) in [4.78, 5) is 0. The zero-order valence-electron chi connectivity index (χ0n) is 8.56. The van der Waals surface area contributed by atoms with E-state index in [2.05, 4.69) is 0 Å². The molecule has 0 nitrogen and oxygen atoms in total. The van der Waals surface area contributed by atoms with Crippen LogP contribution in [0.25, 0.3) is 0 Å². The van der Waals surface area contributed by atoms with Gasteiger partial charge in [-0.1, -0.05) is 18.6 Å². The normalized spacial score (nSPS) is 17.6. The lowest BCUT2D eigenvalue weighted by Crippen LogP contribution is -2.12. The molecule has 3 heteroatoms. The fourth-order valence-corrected chi connectivity index (χ4v) is 1.94. The Kier molecular flexibility index (Phi) is 2.49. The van der Waals surface area contributed by atoms with Crippen LogP contribution >= 0.6 is 0 Å². The molecule has 0 atom stereocenters. The average Bonchev–Trinajstić information content (AvgIpc) is 2.03. The molecule has 1 saturated carbocycles. The van der Waals surface area contributed by atoms with E-state index in [0.717, 1.165) is 24.8 Å². The summed E-state index contributed by atoms with van der Waals surface area (Å²) in [5.41, 5.74) is 0.677. The number of alkyl halides is 3. The third-order valence-corrected chi connectivity index (χ3v) is 3.14. The number of benzene rings is 1. The van der Waals surface area contributed by atoms with Gasteiger partial charge in [-0.25, -0.2) is 0 Å². The van der Waals surface area contributed by atoms with Crippen molar-refractivity contribution in [3.05, 3.63) is 34.9 Å². The third kappa shape index (κ3) is 2.01. The van der Waals surface area contributed by atoms with E-state index in [1.54, 1.807) is 6.07 Å². The van der Waals surface area contributed by atoms with Gasteiger partial charge in [0.25, 0.3) is 0 Å². The SMILES string of the molecule is Cc1ccc(C2CCC2)cc1C(F)(F)F. The molecule has 0 amide bonds. The molecule has 0 unspecified atom stereocenters. The maximum atomic E-state index is 12.6. The van der Waals surface area contributed by atoms with Gasteiger partial charge in [-0.3, -0.25) is 0 Å². The van der Waals surface area contributed by atoms with Crippen molar-refractivity contribution < 1.29 is 13.2 Å². The lowest BCUT2D eigenvalue weighted by molar-refractivity contribution is -0.138. The number of halogens is 3. The molecule has 2 rings (SSSR count). The summed E-state index contributed by atoms with van der Waals surface area (Å²) >= 11 is 0. The topological polar surface area (TPSA) is 0 Å². The molecule has 15 heavy (non-hydrogen) atoms. The molecular formula is C12H13F3. The van der Waals surface area contributed by atoms with Crippen molar-refractivity contribution in [2.24, 2.45) is 0 Å². The molecule has 0 spiro atoms. The molecule has 0 heterocycles. The first kappa shape index (κ1) is 10.5. The van der Waals surface area contributed by atoms with E-state index in [1.807, 2.05) is 6.07 Å². The van der Waals surface area contributed by atoms with Crippen LogP contribution in [0.15, 0.2) is 18.2 Å². The Morgan fingerprint density at radius 3 is 2.33 bits per heavy atom. The van der Waals surface area contributed by atoms with Gasteiger partial charge in [0.1, 0.15) is 0 Å². The van der Waals surface area contributed by atoms with Gasteiger partial charge >= 0.3 is 6.18 Å². The number of hydrogen-bond acceptors (Lipinski definition) is 0. The molecule has 1 aromatic rings. The molecule has 0 radical (unpaired) electrons. The third-order valence-electron chi connectivity index (χ3n) is 3.14. The van der Waals surface area contributed by atoms with Crippen molar-refractivity contribution in [2.45, 2.75) is 38.3 Å². The highest BCUT2D eigenvalue weighted by molar-refractivity contribution is 5.35. The smallest absolute Gasteiger partial charge is 0.166 e. The Morgan fingerprint density at radius 2 is 1.87 bits per heavy atom. The van der Waals surface area contributed by atoms with Gasteiger partial charge in [-0.15, -0.1) is 0 Å². The van der Waals surface area contributed by atoms with Crippen LogP contribution in [0.5, 0.6) is 0 Å². The van der Waals surface area contributed by atoms with Crippen LogP contribution < -0.4 is 0 Å². The molecule has 0 aromatic heterocycles. The predicted octanol–water partition coefficient (Wildman–Crippen LogP) is 4.28. The van der Waals surface area contributed by atoms with E-state index >= 15 is 0 Å². The van der Waals surface area contributed by atoms with Crippen LogP contribution in [0.2, 0.25) is 0 Å². The van der Waals surface area contributed by atoms with Crippen LogP contribution in [0, 0.1) is 6.92 Å². The summed E-state index contributed by atoms with van der Waals surface area (Å²) in [5, 5.41) is 0. The highest BCUT2D eigenvalue weighted by atomic mass is 19.4. The molecule has 0 aliphatic heterocycles. The lowest BCUT2D eigenvalue weighted by Gasteiger charge is -2.26. The van der Waals surface area contributed by atoms with Crippen molar-refractivity contribution in [1.29, 1.82) is 0 Å². The van der Waals surface area contributed by atoms with Crippen molar-refractivity contribution in [3.8, 4) is 0 Å². The summed E-state index contributed by atoms with van der Waals surface area (Å²) in [6.07, 6.45) is -1.02. The van der Waals surface area contributed by atoms with Gasteiger partial charge in [-0.05, 0) is 42.9 Å². The molecule has 0 bridgehead atoms. The van der Waals surface area contributed by atoms with Gasteiger partial charge in [0.05, 0.1) is 5.56 Å². The van der Waals surface area contributed by atoms with Crippen molar-refractivity contribution in [1.82, 2.24) is 0 Å². The summed E-state index contributed by atoms with van der Waals surface area (Å²) in [6.45, 7) is 1.51. The van der Waals surface area contributed by atoms with Crippen molar-refractivity contribution >= 4 is 0 Å². The second-order valence-electron chi connectivity index (χ2n) is 4.20. The number of aryl methyl sites for hydroxylation is 1. The number of rotatable bonds is 1. The van der Waals surface area contributed by atoms with Crippen LogP contribution in [0.1, 0.15) is 41.9 Å². The highest BCUT2D eigenvalue weighted by Crippen LogP contribution is 2.39. The Bertz CT molecular complexity index is 362. The zero-order valence-corrected chi connectivity index (χ0v) is 8.56. The summed E-state index contributed by atoms with van der Waals surface area (Å²) in [7, 11) is 0. The Balaban J connectivity index is 2.36. The van der Waals surface area contributed by atoms with Crippen LogP contribution in [0.3, 0.4) is 0 Å². The number of hydrogen-bond donors (Lipinski definition) is 0. The predicted molar refractivity (Wildman–Crippen MR) is 52.8 cm³/mol. The van der Waals surface area contributed by atoms with Crippen LogP contribution in [-0.4, -0.2) is 0 Å². The van der Waals surface area contributed by atoms with E-state index in [0.29, 0.717) is 11.5 Å². The Labute approximate surface area is 87.1 Å². The summed E-state index contributed by atoms with van der Waals surface area (Å²) < 4.78 is 37.8. The second kappa shape index (κ2) is 3.54. The maximum absolute atomic E-state index is 12.6. The fourth-order valence-electron chi connectivity index (χ4n) is 1.94. The zero-order chi connectivity index (χ0) is 11.1. The largest absolute Gasteiger partial charge is 0.416 e. The van der Waals surface area contributed by atoms with Crippen LogP contribution in [0.4, 0.5) is 13.2 Å². The molecule has 82 valence electrons. The minimum Gasteiger partial charge on any atom is -0.166 e. The van der Waals surface area contributed by atoms with E-state index in [4.69, 9.17) is 0 Å². The molecule has 1 aromatic carbocycles. The minimum atomic E-state index is -4.22. The quantitative estimate of drug-likeness (QED) is 0.654. The molecular weight excluding hydrogens is 201 g/mol. The molecule has 1 fully saturated rings. The first-order chi connectivity index (χ1) is 6.98. The summed E-state index contributed by atoms with van der Waals surface area (Å²) in [6, 6.07) is 4.73. The van der Waals surface area contributed by atoms with E-state index in [-0.39, 0.29) is 0 Å². The van der Waals surface area contributed by atoms with Gasteiger partial charge in [0.15, 0.2) is 0 Å². The van der Waals surface area contributed by atoms with Gasteiger partial charge < -0.3 is 0 Å². The first-order valence-electron chi connectivity index (χ1n) is 5.16. The van der Waals surface area contributed by atoms with Crippen molar-refractivity contribution in [3.63, 3.8) is 0 Å². The Hall–Kier alpha value is -0.990. The molecule has 1 aliphatic carbocycles. The van der Waals surface area contributed by atoms with E-state index < -0.39 is 11.7 Å². The van der Waals surface area contributed by atoms with Gasteiger partial charge in [0.2, 0.25) is 0 Å². The van der Waals surface area contributed by atoms with Crippen LogP contribution in [-0.2, 0) is 6.18 Å². The van der Waals surface area contributed by atoms with Gasteiger partial charge in [0, 0.05) is 0 Å². The minimum absolute atomic E-state index is 0.311. The van der Waals surface area contributed by atoms with Gasteiger partial charge in [-0.2, -0.15) is 13.2 Å². The first-order valence-corrected chi connectivity index (χ1v) is 5.16. The molecule has 0 N–H and O–H groups in total. The summed E-state index contributed by atoms with van der Waals surface area (Å²) in [5.74, 6) is 0.353. The monoisotopic (exact) mass is 214 g/mol. The lowest BCUT2D eigenvalue weighted by atomic mass is 9.79. The molecule has 0 saturated heterocycles. The standard InChI is InChI=1S/C12H13F3/c1-8-5-6-10(9-3-2-4-9)7-11(8)12(13,14)15/h5-7,9H,2-4H2,1H3. The second-order valence-corrected chi connectivity index (χ2v) is 4.20. The fraction of sp³-hybridized carbons (Fsp3) is 0.500. The van der Waals surface area contributed by atoms with E-state index in [9.17, 15) is 13.2 Å².